The minimum Gasteiger partial charge on any atom is -0.490 e. The molecule has 3 aromatic rings. The molecule has 10 heteroatoms. The molecule has 0 unspecified atom stereocenters. The number of amides is 4. The highest BCUT2D eigenvalue weighted by atomic mass is 32.1. The molecule has 1 fully saturated rings. The molecule has 2 aromatic carbocycles. The van der Waals surface area contributed by atoms with E-state index in [0.29, 0.717) is 41.0 Å². The fourth-order valence-corrected chi connectivity index (χ4v) is 4.25. The molecule has 1 aliphatic heterocycles. The summed E-state index contributed by atoms with van der Waals surface area (Å²) in [6.07, 6.45) is 1.57. The van der Waals surface area contributed by atoms with E-state index < -0.39 is 17.8 Å². The average Bonchev–Trinajstić information content (AvgIpc) is 3.41. The van der Waals surface area contributed by atoms with Crippen LogP contribution in [-0.2, 0) is 16.1 Å². The van der Waals surface area contributed by atoms with Crippen LogP contribution in [0.1, 0.15) is 32.4 Å². The smallest absolute Gasteiger partial charge is 0.339 e. The first kappa shape index (κ1) is 24.3. The molecule has 182 valence electrons. The van der Waals surface area contributed by atoms with Gasteiger partial charge in [0.25, 0.3) is 0 Å². The van der Waals surface area contributed by atoms with Crippen molar-refractivity contribution < 1.29 is 28.2 Å². The van der Waals surface area contributed by atoms with E-state index in [2.05, 4.69) is 4.98 Å². The van der Waals surface area contributed by atoms with Crippen LogP contribution in [0, 0.1) is 5.82 Å². The average molecular weight is 498 g/mol. The number of urea groups is 1. The molecular weight excluding hydrogens is 473 g/mol. The van der Waals surface area contributed by atoms with Gasteiger partial charge < -0.3 is 9.47 Å². The van der Waals surface area contributed by atoms with E-state index >= 15 is 0 Å². The maximum absolute atomic E-state index is 13.2. The van der Waals surface area contributed by atoms with Gasteiger partial charge in [0.15, 0.2) is 11.5 Å². The normalized spacial score (nSPS) is 13.6. The molecule has 0 aliphatic carbocycles. The second-order valence-corrected chi connectivity index (χ2v) is 8.65. The zero-order valence-corrected chi connectivity index (χ0v) is 20.1. The van der Waals surface area contributed by atoms with Gasteiger partial charge in [-0.3, -0.25) is 9.59 Å². The third-order valence-corrected chi connectivity index (χ3v) is 6.07. The molecule has 0 N–H and O–H groups in total. The summed E-state index contributed by atoms with van der Waals surface area (Å²) in [6.45, 7) is 4.70. The Balaban J connectivity index is 1.55. The minimum atomic E-state index is -0.951. The number of halogens is 1. The third-order valence-electron chi connectivity index (χ3n) is 5.13. The van der Waals surface area contributed by atoms with Crippen molar-refractivity contribution in [1.29, 1.82) is 0 Å². The Kier molecular flexibility index (Phi) is 7.40. The van der Waals surface area contributed by atoms with Gasteiger partial charge in [0.05, 0.1) is 31.1 Å². The number of hydrogen-bond acceptors (Lipinski definition) is 7. The Morgan fingerprint density at radius 2 is 1.60 bits per heavy atom. The highest BCUT2D eigenvalue weighted by Crippen LogP contribution is 2.34. The molecule has 8 nitrogen and oxygen atoms in total. The van der Waals surface area contributed by atoms with Crippen LogP contribution < -0.4 is 14.4 Å². The highest BCUT2D eigenvalue weighted by molar-refractivity contribution is 7.13. The Bertz CT molecular complexity index is 1240. The zero-order valence-electron chi connectivity index (χ0n) is 19.3. The molecule has 0 atom stereocenters. The standard InChI is InChI=1S/C25H24FN3O5S/c1-3-11-33-20-10-9-19(13-21(20)34-12-4-2)29-24(31)23(30)28(25(29)32)14-18-15-35-22(27-18)16-5-7-17(26)8-6-16/h5-10,13,15H,3-4,11-12,14H2,1-2H3. The molecule has 1 aromatic heterocycles. The number of ether oxygens (including phenoxy) is 2. The number of anilines is 1. The largest absolute Gasteiger partial charge is 0.490 e. The van der Waals surface area contributed by atoms with E-state index in [1.54, 1.807) is 29.6 Å². The molecule has 0 saturated carbocycles. The summed E-state index contributed by atoms with van der Waals surface area (Å²) >= 11 is 1.30. The summed E-state index contributed by atoms with van der Waals surface area (Å²) < 4.78 is 24.6. The number of hydrogen-bond donors (Lipinski definition) is 0. The number of thiazole rings is 1. The zero-order chi connectivity index (χ0) is 24.9. The number of benzene rings is 2. The van der Waals surface area contributed by atoms with E-state index in [0.717, 1.165) is 22.6 Å². The molecule has 1 saturated heterocycles. The number of nitrogens with zero attached hydrogens (tertiary/aromatic N) is 3. The second kappa shape index (κ2) is 10.6. The molecule has 0 spiro atoms. The molecular formula is C25H24FN3O5S. The lowest BCUT2D eigenvalue weighted by molar-refractivity contribution is -0.139. The van der Waals surface area contributed by atoms with Gasteiger partial charge in [0.1, 0.15) is 10.8 Å². The maximum atomic E-state index is 13.2. The maximum Gasteiger partial charge on any atom is 0.339 e. The van der Waals surface area contributed by atoms with E-state index in [1.807, 2.05) is 13.8 Å². The van der Waals surface area contributed by atoms with Crippen LogP contribution in [0.15, 0.2) is 47.8 Å². The van der Waals surface area contributed by atoms with E-state index in [-0.39, 0.29) is 18.0 Å². The predicted molar refractivity (Wildman–Crippen MR) is 129 cm³/mol. The van der Waals surface area contributed by atoms with Gasteiger partial charge in [-0.2, -0.15) is 0 Å². The Morgan fingerprint density at radius 1 is 0.914 bits per heavy atom. The Labute approximate surface area is 205 Å². The van der Waals surface area contributed by atoms with Gasteiger partial charge in [-0.25, -0.2) is 24.0 Å². The van der Waals surface area contributed by atoms with Gasteiger partial charge in [0.2, 0.25) is 0 Å². The van der Waals surface area contributed by atoms with Crippen LogP contribution in [0.25, 0.3) is 10.6 Å². The lowest BCUT2D eigenvalue weighted by atomic mass is 10.2. The summed E-state index contributed by atoms with van der Waals surface area (Å²) in [5, 5.41) is 2.31. The van der Waals surface area contributed by atoms with E-state index in [1.165, 1.54) is 29.5 Å². The van der Waals surface area contributed by atoms with Crippen LogP contribution in [0.4, 0.5) is 14.9 Å². The van der Waals surface area contributed by atoms with Crippen LogP contribution in [0.5, 0.6) is 11.5 Å². The van der Waals surface area contributed by atoms with Gasteiger partial charge in [0, 0.05) is 17.0 Å². The summed E-state index contributed by atoms with van der Waals surface area (Å²) in [5.74, 6) is -1.35. The summed E-state index contributed by atoms with van der Waals surface area (Å²) in [4.78, 5) is 44.7. The van der Waals surface area contributed by atoms with Crippen molar-refractivity contribution in [3.8, 4) is 22.1 Å². The van der Waals surface area contributed by atoms with Crippen molar-refractivity contribution in [1.82, 2.24) is 9.88 Å². The molecule has 4 amide bonds. The molecule has 1 aliphatic rings. The van der Waals surface area contributed by atoms with Gasteiger partial charge in [-0.05, 0) is 49.2 Å². The first-order valence-electron chi connectivity index (χ1n) is 11.2. The van der Waals surface area contributed by atoms with Gasteiger partial charge in [-0.15, -0.1) is 11.3 Å². The van der Waals surface area contributed by atoms with Gasteiger partial charge >= 0.3 is 17.8 Å². The summed E-state index contributed by atoms with van der Waals surface area (Å²) in [7, 11) is 0. The number of imide groups is 2. The van der Waals surface area contributed by atoms with Crippen molar-refractivity contribution in [3.63, 3.8) is 0 Å². The van der Waals surface area contributed by atoms with E-state index in [9.17, 15) is 18.8 Å². The third kappa shape index (κ3) is 5.17. The van der Waals surface area contributed by atoms with Crippen molar-refractivity contribution in [3.05, 3.63) is 59.4 Å². The quantitative estimate of drug-likeness (QED) is 0.289. The molecule has 2 heterocycles. The first-order valence-corrected chi connectivity index (χ1v) is 12.1. The number of carbonyl (C=O) groups excluding carboxylic acids is 3. The number of aromatic nitrogens is 1. The minimum absolute atomic E-state index is 0.158. The fraction of sp³-hybridized carbons (Fsp3) is 0.280. The van der Waals surface area contributed by atoms with E-state index in [4.69, 9.17) is 9.47 Å². The molecule has 35 heavy (non-hydrogen) atoms. The highest BCUT2D eigenvalue weighted by Gasteiger charge is 2.45. The van der Waals surface area contributed by atoms with Crippen molar-refractivity contribution in [2.75, 3.05) is 18.1 Å². The Morgan fingerprint density at radius 3 is 2.29 bits per heavy atom. The van der Waals surface area contributed by atoms with Crippen LogP contribution in [-0.4, -0.2) is 40.9 Å². The number of rotatable bonds is 10. The molecule has 4 rings (SSSR count). The summed E-state index contributed by atoms with van der Waals surface area (Å²) in [6, 6.07) is 9.80. The topological polar surface area (TPSA) is 89.0 Å². The SMILES string of the molecule is CCCOc1ccc(N2C(=O)C(=O)N(Cc3csc(-c4ccc(F)cc4)n3)C2=O)cc1OCCC. The predicted octanol–water partition coefficient (Wildman–Crippen LogP) is 5.02. The van der Waals surface area contributed by atoms with Crippen molar-refractivity contribution in [2.45, 2.75) is 33.2 Å². The van der Waals surface area contributed by atoms with Crippen molar-refractivity contribution >= 4 is 34.9 Å². The first-order chi connectivity index (χ1) is 16.9. The molecule has 0 radical (unpaired) electrons. The van der Waals surface area contributed by atoms with Crippen molar-refractivity contribution in [2.24, 2.45) is 0 Å². The number of carbonyl (C=O) groups is 3. The van der Waals surface area contributed by atoms with Crippen LogP contribution in [0.2, 0.25) is 0 Å². The summed E-state index contributed by atoms with van der Waals surface area (Å²) in [5.41, 5.74) is 1.38. The van der Waals surface area contributed by atoms with Gasteiger partial charge in [-0.1, -0.05) is 13.8 Å². The molecule has 0 bridgehead atoms. The van der Waals surface area contributed by atoms with Crippen LogP contribution >= 0.6 is 11.3 Å². The Hall–Kier alpha value is -3.79. The van der Waals surface area contributed by atoms with Crippen LogP contribution in [0.3, 0.4) is 0 Å². The second-order valence-electron chi connectivity index (χ2n) is 7.79. The lowest BCUT2D eigenvalue weighted by Gasteiger charge is -2.18. The fourth-order valence-electron chi connectivity index (χ4n) is 3.43. The monoisotopic (exact) mass is 497 g/mol. The lowest BCUT2D eigenvalue weighted by Crippen LogP contribution is -2.33.